The van der Waals surface area contributed by atoms with Gasteiger partial charge in [0.25, 0.3) is 5.91 Å². The number of carbonyl (C=O) groups is 1. The average Bonchev–Trinajstić information content (AvgIpc) is 3.06. The molecular weight excluding hydrogens is 356 g/mol. The first-order chi connectivity index (χ1) is 12.5. The number of nitrogens with one attached hydrogen (secondary N) is 1. The summed E-state index contributed by atoms with van der Waals surface area (Å²) < 4.78 is 32.0. The molecule has 0 spiro atoms. The SMILES string of the molecule is CN1CCCN(S(=O)(=O)c2cccc(C(=O)NCc3ccon3)c2)CC1. The largest absolute Gasteiger partial charge is 0.364 e. The van der Waals surface area contributed by atoms with Crippen LogP contribution in [0.2, 0.25) is 0 Å². The van der Waals surface area contributed by atoms with Gasteiger partial charge in [-0.1, -0.05) is 11.2 Å². The molecular formula is C17H22N4O4S. The first kappa shape index (κ1) is 18.6. The van der Waals surface area contributed by atoms with Crippen LogP contribution in [0.25, 0.3) is 0 Å². The second kappa shape index (κ2) is 7.98. The zero-order valence-corrected chi connectivity index (χ0v) is 15.4. The Kier molecular flexibility index (Phi) is 5.70. The predicted molar refractivity (Wildman–Crippen MR) is 95.0 cm³/mol. The third kappa shape index (κ3) is 4.29. The Morgan fingerprint density at radius 1 is 1.23 bits per heavy atom. The third-order valence-electron chi connectivity index (χ3n) is 4.33. The second-order valence-electron chi connectivity index (χ2n) is 6.26. The zero-order chi connectivity index (χ0) is 18.6. The van der Waals surface area contributed by atoms with Crippen LogP contribution in [0, 0.1) is 0 Å². The van der Waals surface area contributed by atoms with Crippen molar-refractivity contribution >= 4 is 15.9 Å². The van der Waals surface area contributed by atoms with Gasteiger partial charge in [0.2, 0.25) is 10.0 Å². The van der Waals surface area contributed by atoms with E-state index < -0.39 is 10.0 Å². The van der Waals surface area contributed by atoms with Crippen molar-refractivity contribution in [3.05, 3.63) is 47.9 Å². The van der Waals surface area contributed by atoms with Gasteiger partial charge in [0.1, 0.15) is 12.0 Å². The van der Waals surface area contributed by atoms with Crippen molar-refractivity contribution in [1.29, 1.82) is 0 Å². The summed E-state index contributed by atoms with van der Waals surface area (Å²) in [5.74, 6) is -0.361. The van der Waals surface area contributed by atoms with E-state index in [1.807, 2.05) is 7.05 Å². The van der Waals surface area contributed by atoms with Gasteiger partial charge >= 0.3 is 0 Å². The Balaban J connectivity index is 1.74. The molecule has 1 fully saturated rings. The summed E-state index contributed by atoms with van der Waals surface area (Å²) in [6, 6.07) is 7.77. The third-order valence-corrected chi connectivity index (χ3v) is 6.23. The highest BCUT2D eigenvalue weighted by Crippen LogP contribution is 2.19. The van der Waals surface area contributed by atoms with Crippen LogP contribution in [0.3, 0.4) is 0 Å². The van der Waals surface area contributed by atoms with Crippen molar-refractivity contribution in [2.24, 2.45) is 0 Å². The Labute approximate surface area is 152 Å². The smallest absolute Gasteiger partial charge is 0.251 e. The van der Waals surface area contributed by atoms with Crippen molar-refractivity contribution in [1.82, 2.24) is 19.7 Å². The van der Waals surface area contributed by atoms with Gasteiger partial charge in [-0.3, -0.25) is 4.79 Å². The Bertz CT molecular complexity index is 851. The average molecular weight is 378 g/mol. The lowest BCUT2D eigenvalue weighted by molar-refractivity contribution is 0.0950. The minimum absolute atomic E-state index is 0.135. The quantitative estimate of drug-likeness (QED) is 0.832. The molecule has 26 heavy (non-hydrogen) atoms. The minimum atomic E-state index is -3.62. The number of aromatic nitrogens is 1. The first-order valence-corrected chi connectivity index (χ1v) is 9.87. The van der Waals surface area contributed by atoms with Crippen LogP contribution < -0.4 is 5.32 Å². The molecule has 2 aromatic rings. The molecule has 0 saturated carbocycles. The molecule has 8 nitrogen and oxygen atoms in total. The maximum Gasteiger partial charge on any atom is 0.251 e. The van der Waals surface area contributed by atoms with Gasteiger partial charge in [0, 0.05) is 31.3 Å². The number of likely N-dealkylation sites (N-methyl/N-ethyl adjacent to an activating group) is 1. The highest BCUT2D eigenvalue weighted by Gasteiger charge is 2.26. The van der Waals surface area contributed by atoms with Gasteiger partial charge in [-0.2, -0.15) is 4.31 Å². The van der Waals surface area contributed by atoms with E-state index in [4.69, 9.17) is 4.52 Å². The fourth-order valence-corrected chi connectivity index (χ4v) is 4.33. The maximum absolute atomic E-state index is 12.9. The maximum atomic E-state index is 12.9. The van der Waals surface area contributed by atoms with Crippen LogP contribution in [0.5, 0.6) is 0 Å². The number of rotatable bonds is 5. The van der Waals surface area contributed by atoms with Crippen molar-refractivity contribution in [3.8, 4) is 0 Å². The summed E-state index contributed by atoms with van der Waals surface area (Å²) in [6.07, 6.45) is 2.21. The van der Waals surface area contributed by atoms with Gasteiger partial charge < -0.3 is 14.7 Å². The molecule has 1 aromatic carbocycles. The predicted octanol–water partition coefficient (Wildman–Crippen LogP) is 0.931. The van der Waals surface area contributed by atoms with Gasteiger partial charge in [0.05, 0.1) is 11.4 Å². The number of hydrogen-bond acceptors (Lipinski definition) is 6. The summed E-state index contributed by atoms with van der Waals surface area (Å²) >= 11 is 0. The van der Waals surface area contributed by atoms with Gasteiger partial charge in [-0.25, -0.2) is 8.42 Å². The molecule has 0 aliphatic carbocycles. The normalized spacial score (nSPS) is 17.0. The van der Waals surface area contributed by atoms with Crippen molar-refractivity contribution < 1.29 is 17.7 Å². The van der Waals surface area contributed by atoms with Crippen molar-refractivity contribution in [3.63, 3.8) is 0 Å². The number of nitrogens with zero attached hydrogens (tertiary/aromatic N) is 3. The van der Waals surface area contributed by atoms with E-state index in [1.54, 1.807) is 18.2 Å². The van der Waals surface area contributed by atoms with E-state index in [9.17, 15) is 13.2 Å². The van der Waals surface area contributed by atoms with Gasteiger partial charge in [0.15, 0.2) is 0 Å². The topological polar surface area (TPSA) is 95.8 Å². The van der Waals surface area contributed by atoms with E-state index in [2.05, 4.69) is 15.4 Å². The molecule has 1 N–H and O–H groups in total. The lowest BCUT2D eigenvalue weighted by Gasteiger charge is -2.20. The Morgan fingerprint density at radius 2 is 2.08 bits per heavy atom. The molecule has 3 rings (SSSR count). The van der Waals surface area contributed by atoms with Crippen LogP contribution in [-0.4, -0.2) is 61.9 Å². The molecule has 0 atom stereocenters. The molecule has 1 aliphatic heterocycles. The van der Waals surface area contributed by atoms with Crippen molar-refractivity contribution in [2.75, 3.05) is 33.2 Å². The first-order valence-electron chi connectivity index (χ1n) is 8.43. The van der Waals surface area contributed by atoms with Crippen LogP contribution >= 0.6 is 0 Å². The number of carbonyl (C=O) groups excluding carboxylic acids is 1. The summed E-state index contributed by atoms with van der Waals surface area (Å²) in [5, 5.41) is 6.42. The van der Waals surface area contributed by atoms with Gasteiger partial charge in [-0.05, 0) is 38.2 Å². The molecule has 140 valence electrons. The molecule has 1 saturated heterocycles. The molecule has 0 unspecified atom stereocenters. The van der Waals surface area contributed by atoms with Crippen LogP contribution in [0.4, 0.5) is 0 Å². The van der Waals surface area contributed by atoms with Gasteiger partial charge in [-0.15, -0.1) is 0 Å². The number of hydrogen-bond donors (Lipinski definition) is 1. The molecule has 0 radical (unpaired) electrons. The van der Waals surface area contributed by atoms with Crippen molar-refractivity contribution in [2.45, 2.75) is 17.9 Å². The number of benzene rings is 1. The summed E-state index contributed by atoms with van der Waals surface area (Å²) in [5.41, 5.74) is 0.886. The van der Waals surface area contributed by atoms with E-state index >= 15 is 0 Å². The van der Waals surface area contributed by atoms with E-state index in [0.717, 1.165) is 13.0 Å². The van der Waals surface area contributed by atoms with Crippen LogP contribution in [0.1, 0.15) is 22.5 Å². The lowest BCUT2D eigenvalue weighted by Crippen LogP contribution is -2.34. The molecule has 1 amide bonds. The van der Waals surface area contributed by atoms with E-state index in [0.29, 0.717) is 30.9 Å². The lowest BCUT2D eigenvalue weighted by atomic mass is 10.2. The highest BCUT2D eigenvalue weighted by atomic mass is 32.2. The second-order valence-corrected chi connectivity index (χ2v) is 8.20. The summed E-state index contributed by atoms with van der Waals surface area (Å²) in [4.78, 5) is 14.6. The highest BCUT2D eigenvalue weighted by molar-refractivity contribution is 7.89. The summed E-state index contributed by atoms with van der Waals surface area (Å²) in [6.45, 7) is 2.70. The molecule has 1 aromatic heterocycles. The molecule has 2 heterocycles. The van der Waals surface area contributed by atoms with E-state index in [-0.39, 0.29) is 17.3 Å². The monoisotopic (exact) mass is 378 g/mol. The Hall–Kier alpha value is -2.23. The van der Waals surface area contributed by atoms with Crippen LogP contribution in [0.15, 0.2) is 46.0 Å². The standard InChI is InChI=1S/C17H22N4O4S/c1-20-7-3-8-21(10-9-20)26(23,24)16-5-2-4-14(12-16)17(22)18-13-15-6-11-25-19-15/h2,4-6,11-12H,3,7-10,13H2,1H3,(H,18,22). The summed E-state index contributed by atoms with van der Waals surface area (Å²) in [7, 11) is -1.64. The fraction of sp³-hybridized carbons (Fsp3) is 0.412. The number of amides is 1. The molecule has 9 heteroatoms. The van der Waals surface area contributed by atoms with Crippen LogP contribution in [-0.2, 0) is 16.6 Å². The molecule has 0 bridgehead atoms. The fourth-order valence-electron chi connectivity index (χ4n) is 2.81. The zero-order valence-electron chi connectivity index (χ0n) is 14.6. The van der Waals surface area contributed by atoms with E-state index in [1.165, 1.54) is 22.7 Å². The number of sulfonamides is 1. The molecule has 1 aliphatic rings. The Morgan fingerprint density at radius 3 is 2.85 bits per heavy atom. The minimum Gasteiger partial charge on any atom is -0.364 e.